The number of rotatable bonds is 6. The molecule has 2 saturated heterocycles. The number of nitrogens with zero attached hydrogens (tertiary/aromatic N) is 5. The van der Waals surface area contributed by atoms with Crippen molar-refractivity contribution in [1.82, 2.24) is 30.4 Å². The number of hydrogen-bond acceptors (Lipinski definition) is 10. The summed E-state index contributed by atoms with van der Waals surface area (Å²) in [6.45, 7) is 8.99. The average Bonchev–Trinajstić information content (AvgIpc) is 3.34. The quantitative estimate of drug-likeness (QED) is 0.380. The summed E-state index contributed by atoms with van der Waals surface area (Å²) in [5.74, 6) is -0.745. The molecule has 1 aromatic heterocycles. The van der Waals surface area contributed by atoms with Gasteiger partial charge >= 0.3 is 5.97 Å². The van der Waals surface area contributed by atoms with Crippen LogP contribution in [-0.4, -0.2) is 64.2 Å². The van der Waals surface area contributed by atoms with E-state index in [1.807, 2.05) is 13.8 Å². The van der Waals surface area contributed by atoms with Gasteiger partial charge in [-0.2, -0.15) is 0 Å². The molecule has 13 heteroatoms. The molecule has 3 unspecified atom stereocenters. The van der Waals surface area contributed by atoms with Gasteiger partial charge < -0.3 is 25.8 Å². The molecule has 2 aromatic rings. The maximum atomic E-state index is 13.1. The minimum Gasteiger partial charge on any atom is -0.508 e. The number of ether oxygens (including phenoxy) is 1. The van der Waals surface area contributed by atoms with Gasteiger partial charge in [-0.1, -0.05) is 12.1 Å². The van der Waals surface area contributed by atoms with Crippen LogP contribution in [0.5, 0.6) is 5.75 Å². The number of phenolic OH excluding ortho intramolecular Hbond substituents is 1. The van der Waals surface area contributed by atoms with Gasteiger partial charge in [0, 0.05) is 4.75 Å². The largest absolute Gasteiger partial charge is 0.508 e. The number of hydrogen-bond donors (Lipinski definition) is 3. The Balaban J connectivity index is 1.43. The third kappa shape index (κ3) is 4.69. The predicted molar refractivity (Wildman–Crippen MR) is 125 cm³/mol. The molecule has 2 aliphatic rings. The van der Waals surface area contributed by atoms with Crippen LogP contribution < -0.4 is 11.1 Å². The van der Waals surface area contributed by atoms with Crippen molar-refractivity contribution in [2.24, 2.45) is 11.1 Å². The van der Waals surface area contributed by atoms with Crippen LogP contribution in [0.3, 0.4) is 0 Å². The minimum atomic E-state index is -0.981. The molecule has 1 aromatic carbocycles. The first kappa shape index (κ1) is 24.9. The van der Waals surface area contributed by atoms with Crippen LogP contribution in [0.25, 0.3) is 0 Å². The van der Waals surface area contributed by atoms with Crippen molar-refractivity contribution in [3.8, 4) is 5.75 Å². The summed E-state index contributed by atoms with van der Waals surface area (Å²) in [6, 6.07) is 3.83. The van der Waals surface area contributed by atoms with E-state index in [4.69, 9.17) is 10.5 Å². The summed E-state index contributed by atoms with van der Waals surface area (Å²) >= 11 is 1.53. The first-order valence-electron chi connectivity index (χ1n) is 11.1. The van der Waals surface area contributed by atoms with E-state index in [0.717, 1.165) is 0 Å². The van der Waals surface area contributed by atoms with Crippen LogP contribution >= 0.6 is 11.8 Å². The Morgan fingerprint density at radius 1 is 1.29 bits per heavy atom. The molecule has 4 rings (SSSR count). The normalized spacial score (nSPS) is 23.9. The molecule has 2 fully saturated rings. The Hall–Kier alpha value is -3.19. The molecule has 2 amide bonds. The lowest BCUT2D eigenvalue weighted by molar-refractivity contribution is -0.158. The maximum absolute atomic E-state index is 13.1. The third-order valence-corrected chi connectivity index (χ3v) is 7.48. The van der Waals surface area contributed by atoms with Crippen LogP contribution in [0, 0.1) is 5.41 Å². The van der Waals surface area contributed by atoms with Crippen LogP contribution in [0.15, 0.2) is 24.3 Å². The van der Waals surface area contributed by atoms with E-state index in [2.05, 4.69) is 20.7 Å². The number of aromatic hydroxyl groups is 1. The predicted octanol–water partition coefficient (Wildman–Crippen LogP) is 0.845. The van der Waals surface area contributed by atoms with E-state index in [9.17, 15) is 19.5 Å². The molecule has 12 nitrogen and oxygen atoms in total. The molecule has 0 aliphatic carbocycles. The molecular weight excluding hydrogens is 474 g/mol. The lowest BCUT2D eigenvalue weighted by Gasteiger charge is -2.44. The van der Waals surface area contributed by atoms with Gasteiger partial charge in [0.15, 0.2) is 5.82 Å². The topological polar surface area (TPSA) is 166 Å². The second-order valence-electron chi connectivity index (χ2n) is 10.1. The molecular formula is C22H29N7O5S. The summed E-state index contributed by atoms with van der Waals surface area (Å²) in [6.07, 6.45) is 0. The summed E-state index contributed by atoms with van der Waals surface area (Å²) in [4.78, 5) is 40.6. The standard InChI is InChI=1S/C22H29N7O5S/c1-21(2,3)20(33)34-10-28-26-16(25-27-28)15-22(4,5)35-19-14(18(32)29(15)19)24-17(31)13(23)11-6-8-12(30)9-7-11/h6-9,13-15,19,30H,10,23H2,1-5H3,(H,24,31)/t13?,14?,15?,19-/m0/s1. The van der Waals surface area contributed by atoms with E-state index in [0.29, 0.717) is 11.4 Å². The number of thioether (sulfide) groups is 1. The molecule has 4 N–H and O–H groups in total. The Kier molecular flexibility index (Phi) is 6.26. The van der Waals surface area contributed by atoms with Gasteiger partial charge in [0.2, 0.25) is 18.5 Å². The molecule has 4 atom stereocenters. The Labute approximate surface area is 206 Å². The number of benzene rings is 1. The summed E-state index contributed by atoms with van der Waals surface area (Å²) in [5.41, 5.74) is 5.92. The number of β-lactam (4-membered cyclic amide) rings is 1. The number of fused-ring (bicyclic) bond motifs is 1. The SMILES string of the molecule is CC(C)(C)C(=O)OCn1nnc(C2N3C(=O)C(NC(=O)C(N)c4ccc(O)cc4)[C@@H]3SC2(C)C)n1. The van der Waals surface area contributed by atoms with Crippen molar-refractivity contribution in [3.63, 3.8) is 0 Å². The minimum absolute atomic E-state index is 0.0692. The second kappa shape index (κ2) is 8.79. The lowest BCUT2D eigenvalue weighted by atomic mass is 9.95. The molecule has 0 radical (unpaired) electrons. The van der Waals surface area contributed by atoms with Crippen molar-refractivity contribution in [2.45, 2.75) is 69.6 Å². The molecule has 3 heterocycles. The maximum Gasteiger partial charge on any atom is 0.313 e. The van der Waals surface area contributed by atoms with E-state index in [1.165, 1.54) is 28.7 Å². The number of nitrogens with one attached hydrogen (secondary N) is 1. The zero-order valence-corrected chi connectivity index (χ0v) is 20.9. The van der Waals surface area contributed by atoms with Crippen LogP contribution in [-0.2, 0) is 25.9 Å². The zero-order chi connectivity index (χ0) is 25.7. The Bertz CT molecular complexity index is 1140. The number of carbonyl (C=O) groups is 3. The van der Waals surface area contributed by atoms with E-state index in [1.54, 1.807) is 37.8 Å². The number of amides is 2. The highest BCUT2D eigenvalue weighted by Crippen LogP contribution is 2.56. The highest BCUT2D eigenvalue weighted by Gasteiger charge is 2.63. The van der Waals surface area contributed by atoms with Gasteiger partial charge in [-0.3, -0.25) is 14.4 Å². The molecule has 0 bridgehead atoms. The van der Waals surface area contributed by atoms with Gasteiger partial charge in [-0.15, -0.1) is 26.8 Å². The first-order chi connectivity index (χ1) is 16.3. The smallest absolute Gasteiger partial charge is 0.313 e. The Morgan fingerprint density at radius 3 is 2.57 bits per heavy atom. The van der Waals surface area contributed by atoms with E-state index >= 15 is 0 Å². The highest BCUT2D eigenvalue weighted by molar-refractivity contribution is 8.01. The molecule has 0 spiro atoms. The lowest BCUT2D eigenvalue weighted by Crippen LogP contribution is -2.68. The number of esters is 1. The highest BCUT2D eigenvalue weighted by atomic mass is 32.2. The van der Waals surface area contributed by atoms with Gasteiger partial charge in [0.05, 0.1) is 5.41 Å². The summed E-state index contributed by atoms with van der Waals surface area (Å²) in [5, 5.41) is 24.3. The van der Waals surface area contributed by atoms with Gasteiger partial charge in [0.25, 0.3) is 0 Å². The fourth-order valence-corrected chi connectivity index (χ4v) is 5.62. The first-order valence-corrected chi connectivity index (χ1v) is 12.0. The van der Waals surface area contributed by atoms with Crippen molar-refractivity contribution in [2.75, 3.05) is 0 Å². The van der Waals surface area contributed by atoms with Gasteiger partial charge in [0.1, 0.15) is 29.2 Å². The average molecular weight is 504 g/mol. The van der Waals surface area contributed by atoms with Crippen molar-refractivity contribution < 1.29 is 24.2 Å². The van der Waals surface area contributed by atoms with Crippen molar-refractivity contribution in [1.29, 1.82) is 0 Å². The fraction of sp³-hybridized carbons (Fsp3) is 0.545. The Morgan fingerprint density at radius 2 is 1.94 bits per heavy atom. The van der Waals surface area contributed by atoms with E-state index < -0.39 is 40.2 Å². The number of tetrazole rings is 1. The van der Waals surface area contributed by atoms with Gasteiger partial charge in [-0.25, -0.2) is 0 Å². The monoisotopic (exact) mass is 503 g/mol. The number of nitrogens with two attached hydrogens (primary N) is 1. The van der Waals surface area contributed by atoms with Crippen LogP contribution in [0.4, 0.5) is 0 Å². The second-order valence-corrected chi connectivity index (χ2v) is 11.9. The van der Waals surface area contributed by atoms with Crippen LogP contribution in [0.1, 0.15) is 58.1 Å². The molecule has 35 heavy (non-hydrogen) atoms. The van der Waals surface area contributed by atoms with E-state index in [-0.39, 0.29) is 23.8 Å². The van der Waals surface area contributed by atoms with Crippen molar-refractivity contribution in [3.05, 3.63) is 35.7 Å². The molecule has 188 valence electrons. The number of phenols is 1. The summed E-state index contributed by atoms with van der Waals surface area (Å²) in [7, 11) is 0. The van der Waals surface area contributed by atoms with Crippen LogP contribution in [0.2, 0.25) is 0 Å². The number of carbonyl (C=O) groups excluding carboxylic acids is 3. The molecule has 0 saturated carbocycles. The fourth-order valence-electron chi connectivity index (χ4n) is 3.99. The van der Waals surface area contributed by atoms with Gasteiger partial charge in [-0.05, 0) is 57.5 Å². The molecule has 2 aliphatic heterocycles. The number of aromatic nitrogens is 4. The third-order valence-electron chi connectivity index (χ3n) is 5.91. The van der Waals surface area contributed by atoms with Crippen molar-refractivity contribution >= 4 is 29.5 Å². The zero-order valence-electron chi connectivity index (χ0n) is 20.1. The summed E-state index contributed by atoms with van der Waals surface area (Å²) < 4.78 is 4.77.